The Morgan fingerprint density at radius 1 is 1.17 bits per heavy atom. The van der Waals surface area contributed by atoms with Crippen LogP contribution in [0.15, 0.2) is 24.3 Å². The van der Waals surface area contributed by atoms with Gasteiger partial charge in [-0.2, -0.15) is 0 Å². The van der Waals surface area contributed by atoms with E-state index in [-0.39, 0.29) is 29.4 Å². The third-order valence-electron chi connectivity index (χ3n) is 3.58. The minimum atomic E-state index is -3.00. The number of benzene rings is 1. The van der Waals surface area contributed by atoms with E-state index in [4.69, 9.17) is 11.6 Å². The molecule has 1 aromatic rings. The molecule has 2 fully saturated rings. The molecular weight excluding hydrogens is 274 g/mol. The SMILES string of the molecule is O=C1C[C@@H]2CS(=O)(=O)C[C@@H]2N1c1ccc(Cl)cc1. The summed E-state index contributed by atoms with van der Waals surface area (Å²) < 4.78 is 23.2. The second-order valence-corrected chi connectivity index (χ2v) is 7.44. The Balaban J connectivity index is 1.96. The highest BCUT2D eigenvalue weighted by molar-refractivity contribution is 7.91. The van der Waals surface area contributed by atoms with Crippen molar-refractivity contribution in [2.45, 2.75) is 12.5 Å². The number of sulfone groups is 1. The largest absolute Gasteiger partial charge is 0.308 e. The Morgan fingerprint density at radius 2 is 1.83 bits per heavy atom. The standard InChI is InChI=1S/C12H12ClNO3S/c13-9-1-3-10(4-2-9)14-11-7-18(16,17)6-8(11)5-12(14)15/h1-4,8,11H,5-7H2/t8-,11+/m1/s1. The highest BCUT2D eigenvalue weighted by Crippen LogP contribution is 2.37. The third kappa shape index (κ3) is 1.91. The summed E-state index contributed by atoms with van der Waals surface area (Å²) in [5, 5.41) is 0.598. The maximum absolute atomic E-state index is 12.0. The highest BCUT2D eigenvalue weighted by Gasteiger charge is 2.49. The van der Waals surface area contributed by atoms with Crippen LogP contribution in [0.25, 0.3) is 0 Å². The van der Waals surface area contributed by atoms with Gasteiger partial charge in [-0.05, 0) is 24.3 Å². The number of nitrogens with zero attached hydrogens (tertiary/aromatic N) is 1. The molecule has 3 rings (SSSR count). The lowest BCUT2D eigenvalue weighted by Crippen LogP contribution is -2.36. The molecule has 1 aromatic carbocycles. The quantitative estimate of drug-likeness (QED) is 0.785. The molecule has 0 spiro atoms. The Hall–Kier alpha value is -1.07. The minimum Gasteiger partial charge on any atom is -0.308 e. The number of fused-ring (bicyclic) bond motifs is 1. The Morgan fingerprint density at radius 3 is 2.50 bits per heavy atom. The molecule has 0 N–H and O–H groups in total. The summed E-state index contributed by atoms with van der Waals surface area (Å²) in [4.78, 5) is 13.6. The van der Waals surface area contributed by atoms with Crippen LogP contribution in [0, 0.1) is 5.92 Å². The van der Waals surface area contributed by atoms with Gasteiger partial charge in [0.1, 0.15) is 0 Å². The average Bonchev–Trinajstić information content (AvgIpc) is 2.70. The van der Waals surface area contributed by atoms with Gasteiger partial charge in [-0.15, -0.1) is 0 Å². The first kappa shape index (κ1) is 12.0. The maximum Gasteiger partial charge on any atom is 0.227 e. The van der Waals surface area contributed by atoms with Crippen molar-refractivity contribution in [3.05, 3.63) is 29.3 Å². The van der Waals surface area contributed by atoms with Crippen molar-refractivity contribution < 1.29 is 13.2 Å². The molecule has 4 nitrogen and oxygen atoms in total. The van der Waals surface area contributed by atoms with Crippen LogP contribution in [0.1, 0.15) is 6.42 Å². The zero-order valence-electron chi connectivity index (χ0n) is 9.54. The number of hydrogen-bond acceptors (Lipinski definition) is 3. The number of amides is 1. The zero-order valence-corrected chi connectivity index (χ0v) is 11.1. The van der Waals surface area contributed by atoms with Crippen LogP contribution < -0.4 is 4.90 Å². The van der Waals surface area contributed by atoms with Crippen molar-refractivity contribution in [1.82, 2.24) is 0 Å². The zero-order chi connectivity index (χ0) is 12.9. The van der Waals surface area contributed by atoms with Crippen molar-refractivity contribution in [2.24, 2.45) is 5.92 Å². The first-order valence-electron chi connectivity index (χ1n) is 5.74. The summed E-state index contributed by atoms with van der Waals surface area (Å²) in [6, 6.07) is 6.73. The normalized spacial score (nSPS) is 29.6. The van der Waals surface area contributed by atoms with E-state index >= 15 is 0 Å². The molecule has 0 saturated carbocycles. The molecule has 6 heteroatoms. The van der Waals surface area contributed by atoms with Gasteiger partial charge in [-0.1, -0.05) is 11.6 Å². The number of carbonyl (C=O) groups is 1. The van der Waals surface area contributed by atoms with Gasteiger partial charge in [-0.25, -0.2) is 8.42 Å². The summed E-state index contributed by atoms with van der Waals surface area (Å²) in [6.45, 7) is 0. The van der Waals surface area contributed by atoms with E-state index in [2.05, 4.69) is 0 Å². The number of halogens is 1. The fraction of sp³-hybridized carbons (Fsp3) is 0.417. The lowest BCUT2D eigenvalue weighted by atomic mass is 10.1. The molecule has 1 amide bonds. The van der Waals surface area contributed by atoms with Crippen LogP contribution in [-0.2, 0) is 14.6 Å². The number of hydrogen-bond donors (Lipinski definition) is 0. The lowest BCUT2D eigenvalue weighted by Gasteiger charge is -2.23. The molecule has 2 saturated heterocycles. The Bertz CT molecular complexity index is 596. The van der Waals surface area contributed by atoms with Gasteiger partial charge < -0.3 is 4.90 Å². The van der Waals surface area contributed by atoms with Gasteiger partial charge in [0.2, 0.25) is 5.91 Å². The summed E-state index contributed by atoms with van der Waals surface area (Å²) in [6.07, 6.45) is 0.326. The first-order valence-corrected chi connectivity index (χ1v) is 7.94. The van der Waals surface area contributed by atoms with Crippen LogP contribution in [0.4, 0.5) is 5.69 Å². The second-order valence-electron chi connectivity index (χ2n) is 4.85. The molecule has 18 heavy (non-hydrogen) atoms. The molecular formula is C12H12ClNO3S. The predicted octanol–water partition coefficient (Wildman–Crippen LogP) is 1.49. The van der Waals surface area contributed by atoms with Gasteiger partial charge in [0.05, 0.1) is 17.5 Å². The van der Waals surface area contributed by atoms with Gasteiger partial charge in [-0.3, -0.25) is 4.79 Å². The van der Waals surface area contributed by atoms with Gasteiger partial charge in [0.25, 0.3) is 0 Å². The van der Waals surface area contributed by atoms with Crippen LogP contribution >= 0.6 is 11.6 Å². The van der Waals surface area contributed by atoms with Crippen molar-refractivity contribution in [1.29, 1.82) is 0 Å². The van der Waals surface area contributed by atoms with Crippen molar-refractivity contribution in [3.63, 3.8) is 0 Å². The molecule has 0 radical (unpaired) electrons. The van der Waals surface area contributed by atoms with Crippen LogP contribution in [0.2, 0.25) is 5.02 Å². The van der Waals surface area contributed by atoms with Crippen molar-refractivity contribution >= 4 is 33.0 Å². The topological polar surface area (TPSA) is 54.5 Å². The van der Waals surface area contributed by atoms with Crippen molar-refractivity contribution in [3.8, 4) is 0 Å². The fourth-order valence-electron chi connectivity index (χ4n) is 2.83. The molecule has 0 unspecified atom stereocenters. The summed E-state index contributed by atoms with van der Waals surface area (Å²) >= 11 is 5.81. The predicted molar refractivity (Wildman–Crippen MR) is 69.5 cm³/mol. The molecule has 0 bridgehead atoms. The fourth-order valence-corrected chi connectivity index (χ4v) is 5.02. The molecule has 96 valence electrons. The van der Waals surface area contributed by atoms with Gasteiger partial charge in [0.15, 0.2) is 9.84 Å². The van der Waals surface area contributed by atoms with E-state index in [0.29, 0.717) is 11.4 Å². The summed E-state index contributed by atoms with van der Waals surface area (Å²) in [7, 11) is -3.00. The molecule has 2 atom stereocenters. The van der Waals surface area contributed by atoms with E-state index in [9.17, 15) is 13.2 Å². The Labute approximate surface area is 110 Å². The van der Waals surface area contributed by atoms with Crippen LogP contribution in [-0.4, -0.2) is 31.9 Å². The molecule has 2 heterocycles. The Kier molecular flexibility index (Phi) is 2.64. The van der Waals surface area contributed by atoms with E-state index < -0.39 is 9.84 Å². The lowest BCUT2D eigenvalue weighted by molar-refractivity contribution is -0.117. The van der Waals surface area contributed by atoms with Gasteiger partial charge >= 0.3 is 0 Å². The van der Waals surface area contributed by atoms with E-state index in [1.165, 1.54) is 0 Å². The van der Waals surface area contributed by atoms with Crippen molar-refractivity contribution in [2.75, 3.05) is 16.4 Å². The van der Waals surface area contributed by atoms with Crippen LogP contribution in [0.3, 0.4) is 0 Å². The van der Waals surface area contributed by atoms with Crippen LogP contribution in [0.5, 0.6) is 0 Å². The van der Waals surface area contributed by atoms with E-state index in [0.717, 1.165) is 5.69 Å². The average molecular weight is 286 g/mol. The minimum absolute atomic E-state index is 0.00206. The summed E-state index contributed by atoms with van der Waals surface area (Å²) in [5.41, 5.74) is 0.731. The van der Waals surface area contributed by atoms with E-state index in [1.807, 2.05) is 0 Å². The number of anilines is 1. The maximum atomic E-state index is 12.0. The molecule has 2 aliphatic rings. The number of rotatable bonds is 1. The number of carbonyl (C=O) groups excluding carboxylic acids is 1. The van der Waals surface area contributed by atoms with E-state index in [1.54, 1.807) is 29.2 Å². The highest BCUT2D eigenvalue weighted by atomic mass is 35.5. The molecule has 0 aromatic heterocycles. The summed E-state index contributed by atoms with van der Waals surface area (Å²) in [5.74, 6) is 0.153. The molecule has 0 aliphatic carbocycles. The van der Waals surface area contributed by atoms with Gasteiger partial charge in [0, 0.05) is 23.0 Å². The second kappa shape index (κ2) is 3.96. The smallest absolute Gasteiger partial charge is 0.227 e. The molecule has 2 aliphatic heterocycles. The monoisotopic (exact) mass is 285 g/mol. The third-order valence-corrected chi connectivity index (χ3v) is 5.62. The first-order chi connectivity index (χ1) is 8.46.